The maximum atomic E-state index is 12.6. The minimum atomic E-state index is -0.0941. The lowest BCUT2D eigenvalue weighted by Gasteiger charge is -2.34. The van der Waals surface area contributed by atoms with Gasteiger partial charge in [0.2, 0.25) is 0 Å². The van der Waals surface area contributed by atoms with Gasteiger partial charge in [-0.2, -0.15) is 5.10 Å². The Kier molecular flexibility index (Phi) is 3.90. The van der Waals surface area contributed by atoms with Gasteiger partial charge in [-0.05, 0) is 32.6 Å². The number of fused-ring (bicyclic) bond motifs is 1. The highest BCUT2D eigenvalue weighted by atomic mass is 32.1. The fourth-order valence-electron chi connectivity index (χ4n) is 4.06. The number of nitrogens with one attached hydrogen (secondary N) is 1. The van der Waals surface area contributed by atoms with Crippen LogP contribution in [0.5, 0.6) is 0 Å². The van der Waals surface area contributed by atoms with Crippen LogP contribution in [-0.4, -0.2) is 37.9 Å². The SMILES string of the molecule is Cc1nc([C@H]2CC[C@@H]2c2nc3c(cnn3C3CCOCC3)c(=O)[nH]2)cs1. The summed E-state index contributed by atoms with van der Waals surface area (Å²) in [4.78, 5) is 25.1. The Balaban J connectivity index is 1.53. The van der Waals surface area contributed by atoms with Crippen molar-refractivity contribution in [1.82, 2.24) is 24.7 Å². The zero-order chi connectivity index (χ0) is 17.7. The summed E-state index contributed by atoms with van der Waals surface area (Å²) in [6.07, 6.45) is 5.58. The first-order valence-electron chi connectivity index (χ1n) is 9.18. The Morgan fingerprint density at radius 1 is 1.19 bits per heavy atom. The van der Waals surface area contributed by atoms with Crippen molar-refractivity contribution in [3.8, 4) is 0 Å². The van der Waals surface area contributed by atoms with E-state index in [1.165, 1.54) is 0 Å². The number of hydrogen-bond acceptors (Lipinski definition) is 6. The minimum Gasteiger partial charge on any atom is -0.381 e. The van der Waals surface area contributed by atoms with Gasteiger partial charge in [0.1, 0.15) is 11.2 Å². The van der Waals surface area contributed by atoms with Gasteiger partial charge >= 0.3 is 0 Å². The molecule has 1 aliphatic heterocycles. The van der Waals surface area contributed by atoms with Crippen molar-refractivity contribution in [2.45, 2.75) is 50.5 Å². The first kappa shape index (κ1) is 16.1. The minimum absolute atomic E-state index is 0.0941. The third kappa shape index (κ3) is 2.59. The zero-order valence-electron chi connectivity index (χ0n) is 14.6. The predicted molar refractivity (Wildman–Crippen MR) is 98.8 cm³/mol. The molecule has 1 N–H and O–H groups in total. The summed E-state index contributed by atoms with van der Waals surface area (Å²) in [5.74, 6) is 1.35. The smallest absolute Gasteiger partial charge is 0.262 e. The molecular formula is C18H21N5O2S. The summed E-state index contributed by atoms with van der Waals surface area (Å²) in [5, 5.41) is 8.26. The first-order chi connectivity index (χ1) is 12.7. The molecular weight excluding hydrogens is 350 g/mol. The molecule has 26 heavy (non-hydrogen) atoms. The number of nitrogens with zero attached hydrogens (tertiary/aromatic N) is 4. The number of hydrogen-bond donors (Lipinski definition) is 1. The molecule has 3 aromatic heterocycles. The van der Waals surface area contributed by atoms with Crippen molar-refractivity contribution in [2.75, 3.05) is 13.2 Å². The Morgan fingerprint density at radius 2 is 2.00 bits per heavy atom. The third-order valence-electron chi connectivity index (χ3n) is 5.66. The molecule has 1 aliphatic carbocycles. The zero-order valence-corrected chi connectivity index (χ0v) is 15.5. The summed E-state index contributed by atoms with van der Waals surface area (Å²) in [5.41, 5.74) is 1.74. The van der Waals surface area contributed by atoms with Crippen molar-refractivity contribution in [1.29, 1.82) is 0 Å². The molecule has 5 rings (SSSR count). The molecule has 2 aliphatic rings. The van der Waals surface area contributed by atoms with E-state index in [2.05, 4.69) is 20.4 Å². The van der Waals surface area contributed by atoms with E-state index in [9.17, 15) is 4.79 Å². The number of aromatic nitrogens is 5. The molecule has 8 heteroatoms. The molecule has 0 bridgehead atoms. The van der Waals surface area contributed by atoms with Crippen LogP contribution in [0.2, 0.25) is 0 Å². The summed E-state index contributed by atoms with van der Waals surface area (Å²) in [6.45, 7) is 3.49. The molecule has 0 aromatic carbocycles. The normalized spacial score (nSPS) is 24.0. The second-order valence-corrected chi connectivity index (χ2v) is 8.27. The van der Waals surface area contributed by atoms with Gasteiger partial charge < -0.3 is 9.72 Å². The van der Waals surface area contributed by atoms with Gasteiger partial charge in [0.05, 0.1) is 22.9 Å². The van der Waals surface area contributed by atoms with E-state index >= 15 is 0 Å². The fourth-order valence-corrected chi connectivity index (χ4v) is 4.73. The first-order valence-corrected chi connectivity index (χ1v) is 10.1. The highest BCUT2D eigenvalue weighted by molar-refractivity contribution is 7.09. The standard InChI is InChI=1S/C18H21N5O2S/c1-10-20-15(9-26-10)12-2-3-13(12)16-21-17-14(18(24)22-16)8-19-23(17)11-4-6-25-7-5-11/h8-9,11-13H,2-7H2,1H3,(H,21,22,24)/t12-,13-/m0/s1. The van der Waals surface area contributed by atoms with Crippen LogP contribution >= 0.6 is 11.3 Å². The molecule has 4 heterocycles. The molecule has 7 nitrogen and oxygen atoms in total. The number of ether oxygens (including phenoxy) is 1. The monoisotopic (exact) mass is 371 g/mol. The van der Waals surface area contributed by atoms with E-state index in [0.29, 0.717) is 17.0 Å². The van der Waals surface area contributed by atoms with Crippen molar-refractivity contribution >= 4 is 22.4 Å². The van der Waals surface area contributed by atoms with E-state index in [0.717, 1.165) is 55.4 Å². The molecule has 0 spiro atoms. The summed E-state index contributed by atoms with van der Waals surface area (Å²) in [7, 11) is 0. The number of rotatable bonds is 3. The number of aromatic amines is 1. The van der Waals surface area contributed by atoms with Crippen LogP contribution in [-0.2, 0) is 4.74 Å². The average Bonchev–Trinajstić information content (AvgIpc) is 3.21. The van der Waals surface area contributed by atoms with Gasteiger partial charge in [-0.3, -0.25) is 4.79 Å². The molecule has 2 atom stereocenters. The van der Waals surface area contributed by atoms with E-state index in [1.54, 1.807) is 17.5 Å². The summed E-state index contributed by atoms with van der Waals surface area (Å²) in [6, 6.07) is 0.252. The maximum Gasteiger partial charge on any atom is 0.262 e. The fraction of sp³-hybridized carbons (Fsp3) is 0.556. The number of thiazole rings is 1. The quantitative estimate of drug-likeness (QED) is 0.765. The van der Waals surface area contributed by atoms with Crippen LogP contribution in [0.4, 0.5) is 0 Å². The topological polar surface area (TPSA) is 85.7 Å². The molecule has 0 amide bonds. The van der Waals surface area contributed by atoms with Crippen LogP contribution in [0, 0.1) is 6.92 Å². The van der Waals surface area contributed by atoms with Gasteiger partial charge in [-0.1, -0.05) is 0 Å². The van der Waals surface area contributed by atoms with E-state index in [1.807, 2.05) is 11.6 Å². The number of H-pyrrole nitrogens is 1. The highest BCUT2D eigenvalue weighted by Crippen LogP contribution is 2.47. The van der Waals surface area contributed by atoms with Crippen LogP contribution in [0.15, 0.2) is 16.4 Å². The van der Waals surface area contributed by atoms with E-state index < -0.39 is 0 Å². The van der Waals surface area contributed by atoms with Gasteiger partial charge in [0, 0.05) is 30.4 Å². The Hall–Kier alpha value is -2.06. The highest BCUT2D eigenvalue weighted by Gasteiger charge is 2.37. The van der Waals surface area contributed by atoms with Gasteiger partial charge in [0.25, 0.3) is 5.56 Å². The average molecular weight is 371 g/mol. The molecule has 0 unspecified atom stereocenters. The predicted octanol–water partition coefficient (Wildman–Crippen LogP) is 2.90. The van der Waals surface area contributed by atoms with Crippen molar-refractivity contribution < 1.29 is 4.74 Å². The number of aryl methyl sites for hydroxylation is 1. The van der Waals surface area contributed by atoms with E-state index in [-0.39, 0.29) is 17.5 Å². The molecule has 0 radical (unpaired) electrons. The van der Waals surface area contributed by atoms with Gasteiger partial charge in [-0.25, -0.2) is 14.6 Å². The molecule has 136 valence electrons. The van der Waals surface area contributed by atoms with Crippen LogP contribution in [0.25, 0.3) is 11.0 Å². The second-order valence-electron chi connectivity index (χ2n) is 7.20. The van der Waals surface area contributed by atoms with E-state index in [4.69, 9.17) is 9.72 Å². The van der Waals surface area contributed by atoms with Crippen LogP contribution in [0.1, 0.15) is 60.1 Å². The summed E-state index contributed by atoms with van der Waals surface area (Å²) < 4.78 is 7.38. The molecule has 2 fully saturated rings. The van der Waals surface area contributed by atoms with Crippen LogP contribution < -0.4 is 5.56 Å². The lowest BCUT2D eigenvalue weighted by Crippen LogP contribution is -2.27. The van der Waals surface area contributed by atoms with Crippen molar-refractivity contribution in [3.63, 3.8) is 0 Å². The summed E-state index contributed by atoms with van der Waals surface area (Å²) >= 11 is 1.68. The molecule has 3 aromatic rings. The second kappa shape index (κ2) is 6.28. The maximum absolute atomic E-state index is 12.6. The molecule has 1 saturated carbocycles. The van der Waals surface area contributed by atoms with Gasteiger partial charge in [0.15, 0.2) is 5.65 Å². The Morgan fingerprint density at radius 3 is 2.69 bits per heavy atom. The van der Waals surface area contributed by atoms with Crippen LogP contribution in [0.3, 0.4) is 0 Å². The Bertz CT molecular complexity index is 1000. The largest absolute Gasteiger partial charge is 0.381 e. The lowest BCUT2D eigenvalue weighted by molar-refractivity contribution is 0.0673. The third-order valence-corrected chi connectivity index (χ3v) is 6.45. The van der Waals surface area contributed by atoms with Crippen molar-refractivity contribution in [3.05, 3.63) is 38.5 Å². The van der Waals surface area contributed by atoms with Crippen molar-refractivity contribution in [2.24, 2.45) is 0 Å². The molecule has 1 saturated heterocycles. The Labute approximate surface area is 154 Å². The lowest BCUT2D eigenvalue weighted by atomic mass is 9.71. The van der Waals surface area contributed by atoms with Gasteiger partial charge in [-0.15, -0.1) is 11.3 Å².